The topological polar surface area (TPSA) is 43.4 Å². The molecule has 0 fully saturated rings. The quantitative estimate of drug-likeness (QED) is 0.675. The van der Waals surface area contributed by atoms with Crippen LogP contribution in [0.5, 0.6) is 5.75 Å². The van der Waals surface area contributed by atoms with Crippen LogP contribution in [0.15, 0.2) is 47.4 Å². The van der Waals surface area contributed by atoms with Gasteiger partial charge in [0.2, 0.25) is 0 Å². The molecule has 1 aliphatic rings. The monoisotopic (exact) mass is 250 g/mol. The first kappa shape index (κ1) is 10.3. The Hall–Kier alpha value is -1.88. The average Bonchev–Trinajstić information content (AvgIpc) is 2.28. The van der Waals surface area contributed by atoms with Gasteiger partial charge in [-0.1, -0.05) is 18.2 Å². The second kappa shape index (κ2) is 3.30. The number of hydrogen-bond acceptors (Lipinski definition) is 3. The molecule has 2 aromatic rings. The van der Waals surface area contributed by atoms with Crippen molar-refractivity contribution in [2.45, 2.75) is 4.90 Å². The molecule has 0 N–H and O–H groups in total. The zero-order chi connectivity index (χ0) is 12.0. The van der Waals surface area contributed by atoms with E-state index in [2.05, 4.69) is 0 Å². The second-order valence-corrected chi connectivity index (χ2v) is 5.19. The van der Waals surface area contributed by atoms with Crippen molar-refractivity contribution >= 4 is 10.1 Å². The van der Waals surface area contributed by atoms with E-state index >= 15 is 0 Å². The maximum absolute atomic E-state index is 13.2. The lowest BCUT2D eigenvalue weighted by molar-refractivity contribution is 0.483. The number of rotatable bonds is 0. The Morgan fingerprint density at radius 3 is 2.59 bits per heavy atom. The van der Waals surface area contributed by atoms with Crippen LogP contribution in [0.1, 0.15) is 0 Å². The normalized spacial score (nSPS) is 15.6. The second-order valence-electron chi connectivity index (χ2n) is 3.67. The maximum Gasteiger partial charge on any atom is 0.339 e. The molecule has 5 heteroatoms. The fourth-order valence-corrected chi connectivity index (χ4v) is 3.00. The maximum atomic E-state index is 13.2. The van der Waals surface area contributed by atoms with Crippen molar-refractivity contribution in [3.63, 3.8) is 0 Å². The molecule has 0 aliphatic carbocycles. The van der Waals surface area contributed by atoms with Crippen molar-refractivity contribution in [1.82, 2.24) is 0 Å². The van der Waals surface area contributed by atoms with Crippen LogP contribution in [0.25, 0.3) is 11.1 Å². The van der Waals surface area contributed by atoms with Gasteiger partial charge in [0.25, 0.3) is 0 Å². The number of hydrogen-bond donors (Lipinski definition) is 0. The third-order valence-electron chi connectivity index (χ3n) is 2.59. The smallest absolute Gasteiger partial charge is 0.339 e. The van der Waals surface area contributed by atoms with Gasteiger partial charge in [-0.3, -0.25) is 0 Å². The zero-order valence-electron chi connectivity index (χ0n) is 8.55. The van der Waals surface area contributed by atoms with Crippen molar-refractivity contribution in [2.75, 3.05) is 0 Å². The van der Waals surface area contributed by atoms with Crippen molar-refractivity contribution in [3.05, 3.63) is 48.3 Å². The molecule has 0 amide bonds. The van der Waals surface area contributed by atoms with Gasteiger partial charge in [0, 0.05) is 11.1 Å². The van der Waals surface area contributed by atoms with Crippen LogP contribution >= 0.6 is 0 Å². The highest BCUT2D eigenvalue weighted by Crippen LogP contribution is 2.40. The summed E-state index contributed by atoms with van der Waals surface area (Å²) in [7, 11) is -3.84. The van der Waals surface area contributed by atoms with Gasteiger partial charge >= 0.3 is 10.1 Å². The number of para-hydroxylation sites is 1. The Labute approximate surface area is 97.6 Å². The summed E-state index contributed by atoms with van der Waals surface area (Å²) < 4.78 is 41.7. The van der Waals surface area contributed by atoms with Crippen LogP contribution in [-0.4, -0.2) is 8.42 Å². The van der Waals surface area contributed by atoms with Crippen LogP contribution in [0.4, 0.5) is 4.39 Å². The Morgan fingerprint density at radius 1 is 1.00 bits per heavy atom. The molecule has 86 valence electrons. The molecule has 2 aromatic carbocycles. The van der Waals surface area contributed by atoms with Gasteiger partial charge in [-0.2, -0.15) is 8.42 Å². The number of halogens is 1. The van der Waals surface area contributed by atoms with Crippen LogP contribution in [0, 0.1) is 5.82 Å². The predicted octanol–water partition coefficient (Wildman–Crippen LogP) is 2.57. The fourth-order valence-electron chi connectivity index (χ4n) is 1.86. The van der Waals surface area contributed by atoms with Crippen LogP contribution in [-0.2, 0) is 10.1 Å². The largest absolute Gasteiger partial charge is 0.378 e. The highest BCUT2D eigenvalue weighted by atomic mass is 32.2. The minimum atomic E-state index is -3.84. The molecule has 0 saturated carbocycles. The molecule has 0 bridgehead atoms. The Bertz CT molecular complexity index is 707. The highest BCUT2D eigenvalue weighted by molar-refractivity contribution is 7.87. The molecule has 0 unspecified atom stereocenters. The molecule has 1 heterocycles. The van der Waals surface area contributed by atoms with Gasteiger partial charge in [-0.05, 0) is 24.3 Å². The Morgan fingerprint density at radius 2 is 1.76 bits per heavy atom. The summed E-state index contributed by atoms with van der Waals surface area (Å²) in [4.78, 5) is -0.00222. The number of benzene rings is 2. The molecule has 0 spiro atoms. The van der Waals surface area contributed by atoms with Crippen molar-refractivity contribution in [3.8, 4) is 16.9 Å². The standard InChI is InChI=1S/C12H7FO3S/c13-8-5-6-12-10(7-8)9-3-1-2-4-11(9)16-17(12,14)15/h1-7H. The molecule has 0 radical (unpaired) electrons. The van der Waals surface area contributed by atoms with E-state index in [1.54, 1.807) is 24.3 Å². The molecule has 3 rings (SSSR count). The molecule has 0 aromatic heterocycles. The lowest BCUT2D eigenvalue weighted by Gasteiger charge is -2.19. The van der Waals surface area contributed by atoms with Crippen LogP contribution < -0.4 is 4.18 Å². The minimum Gasteiger partial charge on any atom is -0.378 e. The Kier molecular flexibility index (Phi) is 2.00. The molecular formula is C12H7FO3S. The third-order valence-corrected chi connectivity index (χ3v) is 3.88. The van der Waals surface area contributed by atoms with E-state index in [1.165, 1.54) is 12.1 Å². The lowest BCUT2D eigenvalue weighted by atomic mass is 10.0. The van der Waals surface area contributed by atoms with Gasteiger partial charge in [-0.25, -0.2) is 4.39 Å². The van der Waals surface area contributed by atoms with Crippen molar-refractivity contribution in [2.24, 2.45) is 0 Å². The van der Waals surface area contributed by atoms with Gasteiger partial charge in [0.1, 0.15) is 10.7 Å². The summed E-state index contributed by atoms with van der Waals surface area (Å²) >= 11 is 0. The summed E-state index contributed by atoms with van der Waals surface area (Å²) in [5, 5.41) is 0. The summed E-state index contributed by atoms with van der Waals surface area (Å²) in [5.74, 6) is -0.249. The van der Waals surface area contributed by atoms with E-state index in [0.29, 0.717) is 11.1 Å². The lowest BCUT2D eigenvalue weighted by Crippen LogP contribution is -2.15. The molecule has 0 atom stereocenters. The molecule has 0 saturated heterocycles. The van der Waals surface area contributed by atoms with Crippen LogP contribution in [0.2, 0.25) is 0 Å². The minimum absolute atomic E-state index is 0.00222. The molecular weight excluding hydrogens is 243 g/mol. The summed E-state index contributed by atoms with van der Waals surface area (Å²) in [6, 6.07) is 10.2. The first-order valence-electron chi connectivity index (χ1n) is 4.91. The van der Waals surface area contributed by atoms with E-state index in [0.717, 1.165) is 6.07 Å². The predicted molar refractivity (Wildman–Crippen MR) is 59.6 cm³/mol. The van der Waals surface area contributed by atoms with E-state index in [4.69, 9.17) is 4.18 Å². The summed E-state index contributed by atoms with van der Waals surface area (Å²) in [5.41, 5.74) is 0.920. The van der Waals surface area contributed by atoms with E-state index in [-0.39, 0.29) is 10.6 Å². The Balaban J connectivity index is 2.42. The van der Waals surface area contributed by atoms with E-state index in [1.807, 2.05) is 0 Å². The van der Waals surface area contributed by atoms with Gasteiger partial charge in [-0.15, -0.1) is 0 Å². The van der Waals surface area contributed by atoms with Crippen molar-refractivity contribution < 1.29 is 17.0 Å². The molecule has 1 aliphatic heterocycles. The fraction of sp³-hybridized carbons (Fsp3) is 0. The first-order chi connectivity index (χ1) is 8.08. The van der Waals surface area contributed by atoms with Gasteiger partial charge in [0.05, 0.1) is 0 Å². The summed E-state index contributed by atoms with van der Waals surface area (Å²) in [6.07, 6.45) is 0. The van der Waals surface area contributed by atoms with Crippen molar-refractivity contribution in [1.29, 1.82) is 0 Å². The highest BCUT2D eigenvalue weighted by Gasteiger charge is 2.29. The molecule has 17 heavy (non-hydrogen) atoms. The third kappa shape index (κ3) is 1.51. The summed E-state index contributed by atoms with van der Waals surface area (Å²) in [6.45, 7) is 0. The number of fused-ring (bicyclic) bond motifs is 3. The zero-order valence-corrected chi connectivity index (χ0v) is 9.37. The van der Waals surface area contributed by atoms with Gasteiger partial charge in [0.15, 0.2) is 5.75 Å². The van der Waals surface area contributed by atoms with E-state index < -0.39 is 15.9 Å². The van der Waals surface area contributed by atoms with E-state index in [9.17, 15) is 12.8 Å². The van der Waals surface area contributed by atoms with Crippen LogP contribution in [0.3, 0.4) is 0 Å². The molecule has 3 nitrogen and oxygen atoms in total. The SMILES string of the molecule is O=S1(=O)Oc2ccccc2-c2cc(F)ccc21. The average molecular weight is 250 g/mol. The first-order valence-corrected chi connectivity index (χ1v) is 6.32. The van der Waals surface area contributed by atoms with Gasteiger partial charge < -0.3 is 4.18 Å².